The zero-order valence-corrected chi connectivity index (χ0v) is 13.0. The lowest BCUT2D eigenvalue weighted by Crippen LogP contribution is -1.95. The molecule has 0 atom stereocenters. The van der Waals surface area contributed by atoms with E-state index in [9.17, 15) is 0 Å². The van der Waals surface area contributed by atoms with Gasteiger partial charge in [0, 0.05) is 4.47 Å². The highest BCUT2D eigenvalue weighted by Crippen LogP contribution is 2.27. The number of H-pyrrole nitrogens is 1. The molecule has 0 aliphatic heterocycles. The van der Waals surface area contributed by atoms with E-state index in [0.717, 1.165) is 21.2 Å². The summed E-state index contributed by atoms with van der Waals surface area (Å²) in [5, 5.41) is 8.94. The van der Waals surface area contributed by atoms with E-state index in [1.165, 1.54) is 5.56 Å². The molecule has 1 aromatic heterocycles. The molecule has 0 saturated carbocycles. The van der Waals surface area contributed by atoms with Gasteiger partial charge in [0.15, 0.2) is 4.77 Å². The molecule has 0 aliphatic carbocycles. The third-order valence-corrected chi connectivity index (χ3v) is 4.08. The molecule has 2 aromatic carbocycles. The molecule has 1 heterocycles. The number of halogens is 1. The molecule has 98 valence electrons. The van der Waals surface area contributed by atoms with Crippen LogP contribution in [0.4, 0.5) is 0 Å². The number of nitrogens with zero attached hydrogens (tertiary/aromatic N) is 2. The van der Waals surface area contributed by atoms with Gasteiger partial charge in [-0.1, -0.05) is 6.07 Å². The zero-order chi connectivity index (χ0) is 14.3. The highest BCUT2D eigenvalue weighted by molar-refractivity contribution is 9.10. The van der Waals surface area contributed by atoms with Crippen LogP contribution >= 0.6 is 28.1 Å². The number of aromatic nitrogens is 2. The van der Waals surface area contributed by atoms with Crippen LogP contribution in [0.5, 0.6) is 0 Å². The summed E-state index contributed by atoms with van der Waals surface area (Å²) >= 11 is 8.93. The lowest BCUT2D eigenvalue weighted by atomic mass is 10.2. The molecule has 0 fully saturated rings. The minimum atomic E-state index is 0.614. The molecule has 3 nitrogen and oxygen atoms in total. The maximum absolute atomic E-state index is 8.94. The minimum Gasteiger partial charge on any atom is -0.330 e. The van der Waals surface area contributed by atoms with Crippen molar-refractivity contribution in [2.75, 3.05) is 0 Å². The minimum absolute atomic E-state index is 0.614. The molecule has 0 unspecified atom stereocenters. The number of aryl methyl sites for hydroxylation is 1. The fourth-order valence-corrected chi connectivity index (χ4v) is 3.09. The molecule has 0 spiro atoms. The van der Waals surface area contributed by atoms with Crippen LogP contribution in [0.15, 0.2) is 40.9 Å². The van der Waals surface area contributed by atoms with E-state index in [2.05, 4.69) is 39.1 Å². The van der Waals surface area contributed by atoms with Gasteiger partial charge >= 0.3 is 0 Å². The Morgan fingerprint density at radius 1 is 1.25 bits per heavy atom. The van der Waals surface area contributed by atoms with Crippen LogP contribution in [0.3, 0.4) is 0 Å². The van der Waals surface area contributed by atoms with Gasteiger partial charge in [0.2, 0.25) is 0 Å². The van der Waals surface area contributed by atoms with Gasteiger partial charge in [0.05, 0.1) is 28.4 Å². The number of rotatable bonds is 1. The number of benzene rings is 2. The van der Waals surface area contributed by atoms with Crippen LogP contribution in [0, 0.1) is 23.0 Å². The summed E-state index contributed by atoms with van der Waals surface area (Å²) in [6.45, 7) is 2.05. The van der Waals surface area contributed by atoms with Crippen molar-refractivity contribution in [1.82, 2.24) is 9.55 Å². The predicted octanol–water partition coefficient (Wildman–Crippen LogP) is 4.63. The van der Waals surface area contributed by atoms with E-state index in [1.807, 2.05) is 23.6 Å². The third kappa shape index (κ3) is 2.07. The van der Waals surface area contributed by atoms with Crippen LogP contribution in [0.1, 0.15) is 11.1 Å². The van der Waals surface area contributed by atoms with Crippen LogP contribution in [-0.4, -0.2) is 9.55 Å². The maximum atomic E-state index is 8.94. The third-order valence-electron chi connectivity index (χ3n) is 3.16. The molecule has 0 aliphatic rings. The van der Waals surface area contributed by atoms with E-state index in [4.69, 9.17) is 17.5 Å². The summed E-state index contributed by atoms with van der Waals surface area (Å²) in [6, 6.07) is 13.8. The van der Waals surface area contributed by atoms with Crippen molar-refractivity contribution < 1.29 is 0 Å². The first-order valence-electron chi connectivity index (χ1n) is 6.01. The van der Waals surface area contributed by atoms with Gasteiger partial charge in [-0.3, -0.25) is 4.57 Å². The summed E-state index contributed by atoms with van der Waals surface area (Å²) in [4.78, 5) is 3.21. The van der Waals surface area contributed by atoms with Crippen molar-refractivity contribution in [2.45, 2.75) is 6.92 Å². The molecule has 0 bridgehead atoms. The molecule has 0 radical (unpaired) electrons. The highest BCUT2D eigenvalue weighted by Gasteiger charge is 2.10. The molecule has 0 saturated heterocycles. The van der Waals surface area contributed by atoms with E-state index >= 15 is 0 Å². The Morgan fingerprint density at radius 2 is 2.05 bits per heavy atom. The van der Waals surface area contributed by atoms with Crippen molar-refractivity contribution in [3.63, 3.8) is 0 Å². The van der Waals surface area contributed by atoms with Gasteiger partial charge < -0.3 is 4.98 Å². The quantitative estimate of drug-likeness (QED) is 0.654. The number of imidazole rings is 1. The van der Waals surface area contributed by atoms with E-state index in [1.54, 1.807) is 12.1 Å². The van der Waals surface area contributed by atoms with Crippen LogP contribution < -0.4 is 0 Å². The van der Waals surface area contributed by atoms with Gasteiger partial charge in [0.25, 0.3) is 0 Å². The molecule has 20 heavy (non-hydrogen) atoms. The largest absolute Gasteiger partial charge is 0.330 e. The number of aromatic amines is 1. The summed E-state index contributed by atoms with van der Waals surface area (Å²) in [7, 11) is 0. The standard InChI is InChI=1S/C15H10BrN3S/c1-9-2-4-14-12(6-9)18-15(20)19(14)13-5-3-10(8-17)7-11(13)16/h2-7H,1H3,(H,18,20). The number of nitrogens with one attached hydrogen (secondary N) is 1. The molecule has 3 rings (SSSR count). The fourth-order valence-electron chi connectivity index (χ4n) is 2.22. The topological polar surface area (TPSA) is 44.5 Å². The zero-order valence-electron chi connectivity index (χ0n) is 10.6. The lowest BCUT2D eigenvalue weighted by molar-refractivity contribution is 1.06. The maximum Gasteiger partial charge on any atom is 0.182 e. The second-order valence-corrected chi connectivity index (χ2v) is 5.81. The van der Waals surface area contributed by atoms with E-state index in [0.29, 0.717) is 10.3 Å². The van der Waals surface area contributed by atoms with Gasteiger partial charge in [-0.2, -0.15) is 5.26 Å². The van der Waals surface area contributed by atoms with E-state index < -0.39 is 0 Å². The van der Waals surface area contributed by atoms with Crippen LogP contribution in [0.25, 0.3) is 16.7 Å². The van der Waals surface area contributed by atoms with Gasteiger partial charge in [0.1, 0.15) is 0 Å². The summed E-state index contributed by atoms with van der Waals surface area (Å²) in [5.41, 5.74) is 4.74. The second kappa shape index (κ2) is 4.89. The van der Waals surface area contributed by atoms with Crippen molar-refractivity contribution in [2.24, 2.45) is 0 Å². The van der Waals surface area contributed by atoms with Crippen LogP contribution in [-0.2, 0) is 0 Å². The predicted molar refractivity (Wildman–Crippen MR) is 85.6 cm³/mol. The van der Waals surface area contributed by atoms with E-state index in [-0.39, 0.29) is 0 Å². The Bertz CT molecular complexity index is 915. The van der Waals surface area contributed by atoms with Crippen molar-refractivity contribution in [3.8, 4) is 11.8 Å². The average molecular weight is 344 g/mol. The first-order valence-corrected chi connectivity index (χ1v) is 7.21. The molecule has 5 heteroatoms. The van der Waals surface area contributed by atoms with Crippen molar-refractivity contribution in [1.29, 1.82) is 5.26 Å². The monoisotopic (exact) mass is 343 g/mol. The van der Waals surface area contributed by atoms with Crippen LogP contribution in [0.2, 0.25) is 0 Å². The number of hydrogen-bond acceptors (Lipinski definition) is 2. The Kier molecular flexibility index (Phi) is 3.20. The molecular formula is C15H10BrN3S. The number of nitriles is 1. The fraction of sp³-hybridized carbons (Fsp3) is 0.0667. The van der Waals surface area contributed by atoms with Gasteiger partial charge in [-0.25, -0.2) is 0 Å². The molecule has 1 N–H and O–H groups in total. The Labute approximate surface area is 129 Å². The van der Waals surface area contributed by atoms with Crippen molar-refractivity contribution >= 4 is 39.2 Å². The SMILES string of the molecule is Cc1ccc2c(c1)[nH]c(=S)n2-c1ccc(C#N)cc1Br. The first kappa shape index (κ1) is 13.1. The Hall–Kier alpha value is -1.90. The molecule has 3 aromatic rings. The lowest BCUT2D eigenvalue weighted by Gasteiger charge is -2.07. The average Bonchev–Trinajstić information content (AvgIpc) is 2.73. The second-order valence-electron chi connectivity index (χ2n) is 4.56. The van der Waals surface area contributed by atoms with Crippen molar-refractivity contribution in [3.05, 3.63) is 56.8 Å². The number of fused-ring (bicyclic) bond motifs is 1. The summed E-state index contributed by atoms with van der Waals surface area (Å²) < 4.78 is 3.44. The normalized spacial score (nSPS) is 10.7. The highest BCUT2D eigenvalue weighted by atomic mass is 79.9. The summed E-state index contributed by atoms with van der Waals surface area (Å²) in [5.74, 6) is 0. The Balaban J connectivity index is 2.33. The summed E-state index contributed by atoms with van der Waals surface area (Å²) in [6.07, 6.45) is 0. The smallest absolute Gasteiger partial charge is 0.182 e. The Morgan fingerprint density at radius 3 is 2.75 bits per heavy atom. The van der Waals surface area contributed by atoms with Gasteiger partial charge in [-0.15, -0.1) is 0 Å². The number of hydrogen-bond donors (Lipinski definition) is 1. The molecule has 0 amide bonds. The van der Waals surface area contributed by atoms with Gasteiger partial charge in [-0.05, 0) is 71.0 Å². The molecular weight excluding hydrogens is 334 g/mol. The first-order chi connectivity index (χ1) is 9.60.